The highest BCUT2D eigenvalue weighted by Gasteiger charge is 2.17. The van der Waals surface area contributed by atoms with E-state index in [0.29, 0.717) is 25.3 Å². The number of aryl methyl sites for hydroxylation is 1. The standard InChI is InChI=1S/C20H21N3O2/c1-15-6-8-16(9-7-15)19-21-18-5-3-2-4-17(18)20(24)23(19)14-22-10-12-25-13-11-22/h2-9H,10-14H2,1H3. The van der Waals surface area contributed by atoms with E-state index in [1.165, 1.54) is 5.56 Å². The van der Waals surface area contributed by atoms with Crippen molar-refractivity contribution < 1.29 is 4.74 Å². The molecule has 1 aliphatic rings. The first-order chi connectivity index (χ1) is 12.2. The summed E-state index contributed by atoms with van der Waals surface area (Å²) >= 11 is 0. The third-order valence-electron chi connectivity index (χ3n) is 4.62. The van der Waals surface area contributed by atoms with Crippen molar-refractivity contribution in [2.24, 2.45) is 0 Å². The number of morpholine rings is 1. The lowest BCUT2D eigenvalue weighted by Crippen LogP contribution is -2.40. The van der Waals surface area contributed by atoms with E-state index in [2.05, 4.69) is 24.0 Å². The van der Waals surface area contributed by atoms with Crippen molar-refractivity contribution in [1.82, 2.24) is 14.5 Å². The first-order valence-electron chi connectivity index (χ1n) is 8.59. The minimum atomic E-state index is 0.00710. The van der Waals surface area contributed by atoms with Crippen molar-refractivity contribution in [1.29, 1.82) is 0 Å². The van der Waals surface area contributed by atoms with E-state index in [4.69, 9.17) is 9.72 Å². The molecule has 0 unspecified atom stereocenters. The summed E-state index contributed by atoms with van der Waals surface area (Å²) < 4.78 is 7.21. The van der Waals surface area contributed by atoms with E-state index in [1.807, 2.05) is 36.4 Å². The summed E-state index contributed by atoms with van der Waals surface area (Å²) in [6.45, 7) is 5.64. The molecule has 1 aromatic heterocycles. The Labute approximate surface area is 146 Å². The largest absolute Gasteiger partial charge is 0.379 e. The number of nitrogens with zero attached hydrogens (tertiary/aromatic N) is 3. The number of fused-ring (bicyclic) bond motifs is 1. The van der Waals surface area contributed by atoms with Crippen molar-refractivity contribution in [3.05, 3.63) is 64.4 Å². The van der Waals surface area contributed by atoms with Crippen LogP contribution in [0.2, 0.25) is 0 Å². The molecule has 128 valence electrons. The monoisotopic (exact) mass is 335 g/mol. The van der Waals surface area contributed by atoms with Gasteiger partial charge in [-0.3, -0.25) is 14.3 Å². The Kier molecular flexibility index (Phi) is 4.34. The average molecular weight is 335 g/mol. The fraction of sp³-hybridized carbons (Fsp3) is 0.300. The van der Waals surface area contributed by atoms with Gasteiger partial charge in [0.1, 0.15) is 5.82 Å². The zero-order valence-corrected chi connectivity index (χ0v) is 14.3. The molecule has 0 bridgehead atoms. The van der Waals surface area contributed by atoms with Crippen LogP contribution in [-0.2, 0) is 11.4 Å². The number of ether oxygens (including phenoxy) is 1. The van der Waals surface area contributed by atoms with Crippen LogP contribution in [0.25, 0.3) is 22.3 Å². The van der Waals surface area contributed by atoms with Gasteiger partial charge in [-0.1, -0.05) is 42.0 Å². The lowest BCUT2D eigenvalue weighted by molar-refractivity contribution is 0.0231. The molecule has 3 aromatic rings. The normalized spacial score (nSPS) is 15.6. The van der Waals surface area contributed by atoms with Gasteiger partial charge < -0.3 is 4.74 Å². The van der Waals surface area contributed by atoms with Crippen LogP contribution in [-0.4, -0.2) is 40.8 Å². The molecule has 5 nitrogen and oxygen atoms in total. The van der Waals surface area contributed by atoms with Crippen molar-refractivity contribution in [2.75, 3.05) is 26.3 Å². The molecule has 25 heavy (non-hydrogen) atoms. The third-order valence-corrected chi connectivity index (χ3v) is 4.62. The summed E-state index contributed by atoms with van der Waals surface area (Å²) in [4.78, 5) is 20.2. The van der Waals surface area contributed by atoms with Crippen LogP contribution in [0.4, 0.5) is 0 Å². The van der Waals surface area contributed by atoms with Crippen LogP contribution in [0.15, 0.2) is 53.3 Å². The lowest BCUT2D eigenvalue weighted by atomic mass is 10.1. The quantitative estimate of drug-likeness (QED) is 0.738. The third kappa shape index (κ3) is 3.21. The van der Waals surface area contributed by atoms with E-state index in [0.717, 1.165) is 30.0 Å². The topological polar surface area (TPSA) is 47.4 Å². The number of benzene rings is 2. The highest BCUT2D eigenvalue weighted by Crippen LogP contribution is 2.20. The lowest BCUT2D eigenvalue weighted by Gasteiger charge is -2.28. The summed E-state index contributed by atoms with van der Waals surface area (Å²) in [5.74, 6) is 0.718. The molecule has 0 N–H and O–H groups in total. The van der Waals surface area contributed by atoms with E-state index < -0.39 is 0 Å². The average Bonchev–Trinajstić information content (AvgIpc) is 2.65. The van der Waals surface area contributed by atoms with Crippen molar-refractivity contribution in [2.45, 2.75) is 13.6 Å². The van der Waals surface area contributed by atoms with Gasteiger partial charge in [-0.25, -0.2) is 4.98 Å². The highest BCUT2D eigenvalue weighted by molar-refractivity contribution is 5.79. The fourth-order valence-corrected chi connectivity index (χ4v) is 3.16. The van der Waals surface area contributed by atoms with Crippen LogP contribution in [0, 0.1) is 6.92 Å². The molecule has 0 atom stereocenters. The van der Waals surface area contributed by atoms with Crippen LogP contribution in [0.1, 0.15) is 5.56 Å². The summed E-state index contributed by atoms with van der Waals surface area (Å²) in [5.41, 5.74) is 2.89. The molecule has 2 heterocycles. The Morgan fingerprint density at radius 2 is 1.76 bits per heavy atom. The van der Waals surface area contributed by atoms with Gasteiger partial charge >= 0.3 is 0 Å². The maximum Gasteiger partial charge on any atom is 0.262 e. The van der Waals surface area contributed by atoms with Crippen molar-refractivity contribution in [3.8, 4) is 11.4 Å². The first kappa shape index (κ1) is 16.0. The predicted molar refractivity (Wildman–Crippen MR) is 98.6 cm³/mol. The second kappa shape index (κ2) is 6.78. The van der Waals surface area contributed by atoms with Crippen LogP contribution >= 0.6 is 0 Å². The van der Waals surface area contributed by atoms with Crippen molar-refractivity contribution in [3.63, 3.8) is 0 Å². The van der Waals surface area contributed by atoms with Gasteiger partial charge in [0.2, 0.25) is 0 Å². The van der Waals surface area contributed by atoms with E-state index >= 15 is 0 Å². The number of rotatable bonds is 3. The summed E-state index contributed by atoms with van der Waals surface area (Å²) in [6, 6.07) is 15.7. The second-order valence-corrected chi connectivity index (χ2v) is 6.42. The molecule has 0 aliphatic carbocycles. The van der Waals surface area contributed by atoms with Gasteiger partial charge in [-0.05, 0) is 19.1 Å². The first-order valence-corrected chi connectivity index (χ1v) is 8.59. The highest BCUT2D eigenvalue weighted by atomic mass is 16.5. The fourth-order valence-electron chi connectivity index (χ4n) is 3.16. The maximum atomic E-state index is 13.1. The Morgan fingerprint density at radius 1 is 1.04 bits per heavy atom. The SMILES string of the molecule is Cc1ccc(-c2nc3ccccc3c(=O)n2CN2CCOCC2)cc1. The smallest absolute Gasteiger partial charge is 0.262 e. The molecule has 1 saturated heterocycles. The van der Waals surface area contributed by atoms with Gasteiger partial charge in [0, 0.05) is 18.7 Å². The Morgan fingerprint density at radius 3 is 2.52 bits per heavy atom. The van der Waals surface area contributed by atoms with Crippen LogP contribution in [0.3, 0.4) is 0 Å². The van der Waals surface area contributed by atoms with Gasteiger partial charge in [0.05, 0.1) is 30.8 Å². The molecule has 1 fully saturated rings. The maximum absolute atomic E-state index is 13.1. The Balaban J connectivity index is 1.87. The van der Waals surface area contributed by atoms with Crippen LogP contribution in [0.5, 0.6) is 0 Å². The van der Waals surface area contributed by atoms with Gasteiger partial charge in [-0.15, -0.1) is 0 Å². The zero-order valence-electron chi connectivity index (χ0n) is 14.3. The van der Waals surface area contributed by atoms with Gasteiger partial charge in [0.15, 0.2) is 0 Å². The Hall–Kier alpha value is -2.50. The number of hydrogen-bond donors (Lipinski definition) is 0. The van der Waals surface area contributed by atoms with E-state index in [9.17, 15) is 4.79 Å². The zero-order chi connectivity index (χ0) is 17.2. The van der Waals surface area contributed by atoms with Crippen LogP contribution < -0.4 is 5.56 Å². The molecule has 4 rings (SSSR count). The van der Waals surface area contributed by atoms with Gasteiger partial charge in [0.25, 0.3) is 5.56 Å². The minimum Gasteiger partial charge on any atom is -0.379 e. The number of aromatic nitrogens is 2. The summed E-state index contributed by atoms with van der Waals surface area (Å²) in [5, 5.41) is 0.659. The van der Waals surface area contributed by atoms with Crippen molar-refractivity contribution >= 4 is 10.9 Å². The minimum absolute atomic E-state index is 0.00710. The molecule has 5 heteroatoms. The molecular weight excluding hydrogens is 314 g/mol. The molecular formula is C20H21N3O2. The molecule has 2 aromatic carbocycles. The molecule has 0 amide bonds. The number of hydrogen-bond acceptors (Lipinski definition) is 4. The predicted octanol–water partition coefficient (Wildman–Crippen LogP) is 2.66. The molecule has 1 aliphatic heterocycles. The van der Waals surface area contributed by atoms with E-state index in [-0.39, 0.29) is 5.56 Å². The number of para-hydroxylation sites is 1. The molecule has 0 radical (unpaired) electrons. The van der Waals surface area contributed by atoms with E-state index in [1.54, 1.807) is 4.57 Å². The second-order valence-electron chi connectivity index (χ2n) is 6.42. The van der Waals surface area contributed by atoms with Gasteiger partial charge in [-0.2, -0.15) is 0 Å². The summed E-state index contributed by atoms with van der Waals surface area (Å²) in [6.07, 6.45) is 0. The summed E-state index contributed by atoms with van der Waals surface area (Å²) in [7, 11) is 0. The Bertz CT molecular complexity index is 941. The molecule has 0 spiro atoms. The molecule has 0 saturated carbocycles.